The summed E-state index contributed by atoms with van der Waals surface area (Å²) in [6.07, 6.45) is 8.78. The average Bonchev–Trinajstić information content (AvgIpc) is 3.20. The summed E-state index contributed by atoms with van der Waals surface area (Å²) in [5.41, 5.74) is 0.252. The van der Waals surface area contributed by atoms with Crippen LogP contribution in [0.2, 0.25) is 0 Å². The molecule has 114 valence electrons. The van der Waals surface area contributed by atoms with Crippen molar-refractivity contribution >= 4 is 5.91 Å². The van der Waals surface area contributed by atoms with Gasteiger partial charge in [-0.25, -0.2) is 0 Å². The lowest BCUT2D eigenvalue weighted by atomic mass is 9.92. The Morgan fingerprint density at radius 2 is 1.95 bits per heavy atom. The van der Waals surface area contributed by atoms with Crippen LogP contribution in [0.25, 0.3) is 0 Å². The fourth-order valence-electron chi connectivity index (χ4n) is 4.13. The van der Waals surface area contributed by atoms with Gasteiger partial charge in [-0.05, 0) is 37.5 Å². The van der Waals surface area contributed by atoms with Crippen LogP contribution < -0.4 is 5.32 Å². The van der Waals surface area contributed by atoms with Crippen molar-refractivity contribution in [1.82, 2.24) is 5.32 Å². The molecule has 2 aliphatic carbocycles. The van der Waals surface area contributed by atoms with Crippen molar-refractivity contribution in [3.05, 3.63) is 0 Å². The van der Waals surface area contributed by atoms with Gasteiger partial charge in [0.1, 0.15) is 0 Å². The quantitative estimate of drug-likeness (QED) is 0.776. The standard InChI is InChI=1S/C16H27NO3/c18-11-12-4-2-1-3-5-14(12)17-15(19)13-10-16(13)6-8-20-9-7-16/h12-14,18H,1-11H2,(H,17,19). The summed E-state index contributed by atoms with van der Waals surface area (Å²) in [5, 5.41) is 12.8. The van der Waals surface area contributed by atoms with Gasteiger partial charge in [0.05, 0.1) is 0 Å². The van der Waals surface area contributed by atoms with E-state index in [-0.39, 0.29) is 35.8 Å². The van der Waals surface area contributed by atoms with Crippen molar-refractivity contribution in [2.45, 2.75) is 57.4 Å². The molecule has 3 atom stereocenters. The summed E-state index contributed by atoms with van der Waals surface area (Å²) in [7, 11) is 0. The highest BCUT2D eigenvalue weighted by Crippen LogP contribution is 2.59. The van der Waals surface area contributed by atoms with Crippen molar-refractivity contribution in [1.29, 1.82) is 0 Å². The van der Waals surface area contributed by atoms with Crippen molar-refractivity contribution < 1.29 is 14.6 Å². The number of ether oxygens (including phenoxy) is 1. The lowest BCUT2D eigenvalue weighted by Gasteiger charge is -2.26. The van der Waals surface area contributed by atoms with E-state index in [9.17, 15) is 9.90 Å². The molecule has 4 nitrogen and oxygen atoms in total. The monoisotopic (exact) mass is 281 g/mol. The van der Waals surface area contributed by atoms with Crippen LogP contribution in [0.4, 0.5) is 0 Å². The number of rotatable bonds is 3. The number of aliphatic hydroxyl groups excluding tert-OH is 1. The highest BCUT2D eigenvalue weighted by Gasteiger charge is 2.58. The molecule has 1 spiro atoms. The lowest BCUT2D eigenvalue weighted by Crippen LogP contribution is -2.42. The maximum Gasteiger partial charge on any atom is 0.223 e. The Bertz CT molecular complexity index is 352. The van der Waals surface area contributed by atoms with Crippen LogP contribution in [0.3, 0.4) is 0 Å². The number of carbonyl (C=O) groups excluding carboxylic acids is 1. The molecule has 0 radical (unpaired) electrons. The Hall–Kier alpha value is -0.610. The van der Waals surface area contributed by atoms with Crippen LogP contribution in [0.1, 0.15) is 51.4 Å². The molecule has 3 rings (SSSR count). The maximum atomic E-state index is 12.5. The number of amides is 1. The minimum Gasteiger partial charge on any atom is -0.396 e. The fraction of sp³-hybridized carbons (Fsp3) is 0.938. The van der Waals surface area contributed by atoms with Crippen molar-refractivity contribution in [2.24, 2.45) is 17.3 Å². The third kappa shape index (κ3) is 2.86. The first kappa shape index (κ1) is 14.3. The molecule has 0 aromatic carbocycles. The van der Waals surface area contributed by atoms with Gasteiger partial charge in [-0.2, -0.15) is 0 Å². The molecule has 0 bridgehead atoms. The summed E-state index contributed by atoms with van der Waals surface area (Å²) in [6, 6.07) is 0.187. The zero-order valence-corrected chi connectivity index (χ0v) is 12.3. The molecular formula is C16H27NO3. The van der Waals surface area contributed by atoms with Gasteiger partial charge in [0.15, 0.2) is 0 Å². The molecule has 3 fully saturated rings. The maximum absolute atomic E-state index is 12.5. The molecule has 1 amide bonds. The molecule has 3 aliphatic rings. The second kappa shape index (κ2) is 6.02. The predicted molar refractivity (Wildman–Crippen MR) is 76.2 cm³/mol. The van der Waals surface area contributed by atoms with Gasteiger partial charge in [0.2, 0.25) is 5.91 Å². The third-order valence-corrected chi connectivity index (χ3v) is 5.72. The van der Waals surface area contributed by atoms with Gasteiger partial charge in [0, 0.05) is 37.7 Å². The van der Waals surface area contributed by atoms with Gasteiger partial charge in [0.25, 0.3) is 0 Å². The minimum absolute atomic E-state index is 0.187. The zero-order chi connectivity index (χ0) is 14.0. The number of nitrogens with one attached hydrogen (secondary N) is 1. The van der Waals surface area contributed by atoms with Gasteiger partial charge in [-0.1, -0.05) is 19.3 Å². The number of hydrogen-bond donors (Lipinski definition) is 2. The molecule has 1 saturated heterocycles. The number of carbonyl (C=O) groups is 1. The first-order valence-corrected chi connectivity index (χ1v) is 8.24. The number of hydrogen-bond acceptors (Lipinski definition) is 3. The van der Waals surface area contributed by atoms with Crippen LogP contribution >= 0.6 is 0 Å². The average molecular weight is 281 g/mol. The predicted octanol–water partition coefficient (Wildman–Crippen LogP) is 1.86. The lowest BCUT2D eigenvalue weighted by molar-refractivity contribution is -0.124. The Morgan fingerprint density at radius 1 is 1.20 bits per heavy atom. The highest BCUT2D eigenvalue weighted by molar-refractivity contribution is 5.82. The first-order chi connectivity index (χ1) is 9.75. The SMILES string of the molecule is O=C(NC1CCCCCC1CO)C1CC12CCOCC2. The normalized spacial score (nSPS) is 36.4. The third-order valence-electron chi connectivity index (χ3n) is 5.72. The Kier molecular flexibility index (Phi) is 4.32. The molecule has 4 heteroatoms. The van der Waals surface area contributed by atoms with Crippen molar-refractivity contribution in [3.63, 3.8) is 0 Å². The Morgan fingerprint density at radius 3 is 2.70 bits per heavy atom. The molecule has 2 N–H and O–H groups in total. The van der Waals surface area contributed by atoms with E-state index in [0.29, 0.717) is 0 Å². The summed E-state index contributed by atoms with van der Waals surface area (Å²) < 4.78 is 5.41. The van der Waals surface area contributed by atoms with Crippen LogP contribution in [0.5, 0.6) is 0 Å². The number of aliphatic hydroxyl groups is 1. The van der Waals surface area contributed by atoms with E-state index in [4.69, 9.17) is 4.74 Å². The van der Waals surface area contributed by atoms with Crippen molar-refractivity contribution in [3.8, 4) is 0 Å². The highest BCUT2D eigenvalue weighted by atomic mass is 16.5. The summed E-state index contributed by atoms with van der Waals surface area (Å²) in [5.74, 6) is 0.692. The molecular weight excluding hydrogens is 254 g/mol. The molecule has 2 saturated carbocycles. The molecule has 1 aliphatic heterocycles. The van der Waals surface area contributed by atoms with E-state index in [1.807, 2.05) is 0 Å². The van der Waals surface area contributed by atoms with Crippen LogP contribution in [-0.2, 0) is 9.53 Å². The Balaban J connectivity index is 1.55. The van der Waals surface area contributed by atoms with E-state index in [1.54, 1.807) is 0 Å². The summed E-state index contributed by atoms with van der Waals surface area (Å²) in [6.45, 7) is 1.83. The minimum atomic E-state index is 0.187. The van der Waals surface area contributed by atoms with Crippen LogP contribution in [0, 0.1) is 17.3 Å². The van der Waals surface area contributed by atoms with Gasteiger partial charge in [-0.3, -0.25) is 4.79 Å². The van der Waals surface area contributed by atoms with Crippen LogP contribution in [0.15, 0.2) is 0 Å². The summed E-state index contributed by atoms with van der Waals surface area (Å²) in [4.78, 5) is 12.5. The molecule has 3 unspecified atom stereocenters. The van der Waals surface area contributed by atoms with E-state index < -0.39 is 0 Å². The van der Waals surface area contributed by atoms with E-state index in [1.165, 1.54) is 19.3 Å². The largest absolute Gasteiger partial charge is 0.396 e. The molecule has 1 heterocycles. The molecule has 20 heavy (non-hydrogen) atoms. The molecule has 0 aromatic heterocycles. The van der Waals surface area contributed by atoms with E-state index >= 15 is 0 Å². The van der Waals surface area contributed by atoms with Gasteiger partial charge in [-0.15, -0.1) is 0 Å². The first-order valence-electron chi connectivity index (χ1n) is 8.24. The zero-order valence-electron chi connectivity index (χ0n) is 12.3. The van der Waals surface area contributed by atoms with E-state index in [2.05, 4.69) is 5.32 Å². The Labute approximate surface area is 121 Å². The van der Waals surface area contributed by atoms with Crippen LogP contribution in [-0.4, -0.2) is 36.9 Å². The van der Waals surface area contributed by atoms with Gasteiger partial charge < -0.3 is 15.2 Å². The molecule has 0 aromatic rings. The second-order valence-corrected chi connectivity index (χ2v) is 6.93. The fourth-order valence-corrected chi connectivity index (χ4v) is 4.13. The smallest absolute Gasteiger partial charge is 0.223 e. The van der Waals surface area contributed by atoms with Gasteiger partial charge >= 0.3 is 0 Å². The topological polar surface area (TPSA) is 58.6 Å². The second-order valence-electron chi connectivity index (χ2n) is 6.93. The summed E-state index contributed by atoms with van der Waals surface area (Å²) >= 11 is 0. The van der Waals surface area contributed by atoms with E-state index in [0.717, 1.165) is 45.3 Å². The van der Waals surface area contributed by atoms with Crippen molar-refractivity contribution in [2.75, 3.05) is 19.8 Å².